The summed E-state index contributed by atoms with van der Waals surface area (Å²) in [6, 6.07) is 12.8. The molecule has 0 aliphatic rings. The fourth-order valence-electron chi connectivity index (χ4n) is 2.31. The van der Waals surface area contributed by atoms with Gasteiger partial charge in [0.05, 0.1) is 0 Å². The molecule has 0 aliphatic carbocycles. The van der Waals surface area contributed by atoms with Crippen LogP contribution < -0.4 is 5.32 Å². The van der Waals surface area contributed by atoms with Crippen molar-refractivity contribution in [2.45, 2.75) is 26.5 Å². The van der Waals surface area contributed by atoms with E-state index in [9.17, 15) is 14.0 Å². The Morgan fingerprint density at radius 1 is 1.14 bits per heavy atom. The number of aryl methyl sites for hydroxylation is 1. The fourth-order valence-corrected chi connectivity index (χ4v) is 2.31. The molecule has 0 fully saturated rings. The highest BCUT2D eigenvalue weighted by atomic mass is 19.1. The summed E-state index contributed by atoms with van der Waals surface area (Å²) in [6.07, 6.45) is -1.04. The Kier molecular flexibility index (Phi) is 5.73. The standard InChI is InChI=1S/C19H18FN5O3/c1-12-3-5-14(6-4-12)18-22-24-25(23-18)11-17(26)28-13(2)19(27)21-16-9-7-15(20)8-10-16/h3-10,13H,11H2,1-2H3,(H,21,27)/t13-/m0/s1. The van der Waals surface area contributed by atoms with Crippen LogP contribution in [0.2, 0.25) is 0 Å². The SMILES string of the molecule is Cc1ccc(-c2nnn(CC(=O)O[C@@H](C)C(=O)Nc3ccc(F)cc3)n2)cc1. The molecule has 28 heavy (non-hydrogen) atoms. The molecule has 3 aromatic rings. The van der Waals surface area contributed by atoms with Crippen molar-refractivity contribution in [2.24, 2.45) is 0 Å². The van der Waals surface area contributed by atoms with Crippen molar-refractivity contribution in [3.05, 3.63) is 59.9 Å². The maximum absolute atomic E-state index is 12.9. The minimum absolute atomic E-state index is 0.285. The number of esters is 1. The normalized spacial score (nSPS) is 11.7. The van der Waals surface area contributed by atoms with E-state index in [1.54, 1.807) is 0 Å². The van der Waals surface area contributed by atoms with E-state index in [1.165, 1.54) is 31.2 Å². The number of tetrazole rings is 1. The highest BCUT2D eigenvalue weighted by Gasteiger charge is 2.19. The van der Waals surface area contributed by atoms with Crippen molar-refractivity contribution in [3.63, 3.8) is 0 Å². The van der Waals surface area contributed by atoms with Gasteiger partial charge in [0.1, 0.15) is 5.82 Å². The number of benzene rings is 2. The first-order chi connectivity index (χ1) is 13.4. The highest BCUT2D eigenvalue weighted by molar-refractivity contribution is 5.95. The number of nitrogens with zero attached hydrogens (tertiary/aromatic N) is 4. The third-order valence-corrected chi connectivity index (χ3v) is 3.82. The first-order valence-corrected chi connectivity index (χ1v) is 8.51. The Labute approximate surface area is 160 Å². The number of aromatic nitrogens is 4. The van der Waals surface area contributed by atoms with Crippen LogP contribution in [0.4, 0.5) is 10.1 Å². The van der Waals surface area contributed by atoms with Gasteiger partial charge in [-0.3, -0.25) is 4.79 Å². The van der Waals surface area contributed by atoms with Crippen LogP contribution in [0.25, 0.3) is 11.4 Å². The third-order valence-electron chi connectivity index (χ3n) is 3.82. The van der Waals surface area contributed by atoms with Gasteiger partial charge in [0, 0.05) is 11.3 Å². The Hall–Kier alpha value is -3.62. The summed E-state index contributed by atoms with van der Waals surface area (Å²) >= 11 is 0. The van der Waals surface area contributed by atoms with E-state index in [0.717, 1.165) is 15.9 Å². The largest absolute Gasteiger partial charge is 0.451 e. The number of halogens is 1. The number of hydrogen-bond donors (Lipinski definition) is 1. The second-order valence-corrected chi connectivity index (χ2v) is 6.14. The minimum atomic E-state index is -1.04. The molecule has 8 nitrogen and oxygen atoms in total. The number of anilines is 1. The van der Waals surface area contributed by atoms with E-state index < -0.39 is 23.8 Å². The zero-order chi connectivity index (χ0) is 20.1. The number of nitrogens with one attached hydrogen (secondary N) is 1. The lowest BCUT2D eigenvalue weighted by Gasteiger charge is -2.13. The lowest BCUT2D eigenvalue weighted by Crippen LogP contribution is -2.31. The smallest absolute Gasteiger partial charge is 0.330 e. The fraction of sp³-hybridized carbons (Fsp3) is 0.211. The summed E-state index contributed by atoms with van der Waals surface area (Å²) in [7, 11) is 0. The molecule has 0 aliphatic heterocycles. The predicted molar refractivity (Wildman–Crippen MR) is 98.6 cm³/mol. The van der Waals surface area contributed by atoms with E-state index in [0.29, 0.717) is 11.5 Å². The molecular formula is C19H18FN5O3. The molecule has 0 spiro atoms. The molecule has 2 aromatic carbocycles. The molecule has 0 saturated heterocycles. The number of hydrogen-bond acceptors (Lipinski definition) is 6. The maximum Gasteiger partial charge on any atom is 0.330 e. The van der Waals surface area contributed by atoms with Crippen LogP contribution in [0.3, 0.4) is 0 Å². The molecule has 144 valence electrons. The molecular weight excluding hydrogens is 365 g/mol. The van der Waals surface area contributed by atoms with Crippen molar-refractivity contribution in [1.82, 2.24) is 20.2 Å². The van der Waals surface area contributed by atoms with Gasteiger partial charge in [0.25, 0.3) is 5.91 Å². The van der Waals surface area contributed by atoms with Crippen molar-refractivity contribution < 1.29 is 18.7 Å². The molecule has 9 heteroatoms. The number of carbonyl (C=O) groups is 2. The molecule has 0 radical (unpaired) electrons. The predicted octanol–water partition coefficient (Wildman–Crippen LogP) is 2.36. The van der Waals surface area contributed by atoms with Gasteiger partial charge in [-0.25, -0.2) is 9.18 Å². The Morgan fingerprint density at radius 3 is 2.50 bits per heavy atom. The first-order valence-electron chi connectivity index (χ1n) is 8.51. The average molecular weight is 383 g/mol. The maximum atomic E-state index is 12.9. The average Bonchev–Trinajstić information content (AvgIpc) is 3.12. The minimum Gasteiger partial charge on any atom is -0.451 e. The molecule has 1 heterocycles. The molecule has 3 rings (SSSR count). The number of rotatable bonds is 6. The van der Waals surface area contributed by atoms with Crippen LogP contribution >= 0.6 is 0 Å². The lowest BCUT2D eigenvalue weighted by atomic mass is 10.1. The zero-order valence-electron chi connectivity index (χ0n) is 15.3. The summed E-state index contributed by atoms with van der Waals surface area (Å²) in [4.78, 5) is 25.2. The summed E-state index contributed by atoms with van der Waals surface area (Å²) in [5.74, 6) is -1.25. The zero-order valence-corrected chi connectivity index (χ0v) is 15.3. The quantitative estimate of drug-likeness (QED) is 0.656. The van der Waals surface area contributed by atoms with Crippen LogP contribution in [-0.2, 0) is 20.9 Å². The van der Waals surface area contributed by atoms with Gasteiger partial charge in [0.15, 0.2) is 12.6 Å². The van der Waals surface area contributed by atoms with E-state index in [2.05, 4.69) is 20.7 Å². The van der Waals surface area contributed by atoms with Crippen LogP contribution in [0.5, 0.6) is 0 Å². The number of carbonyl (C=O) groups excluding carboxylic acids is 2. The summed E-state index contributed by atoms with van der Waals surface area (Å²) in [5.41, 5.74) is 2.28. The van der Waals surface area contributed by atoms with Crippen LogP contribution in [0.15, 0.2) is 48.5 Å². The van der Waals surface area contributed by atoms with Gasteiger partial charge in [-0.1, -0.05) is 29.8 Å². The lowest BCUT2D eigenvalue weighted by molar-refractivity contribution is -0.154. The molecule has 1 atom stereocenters. The molecule has 0 bridgehead atoms. The topological polar surface area (TPSA) is 99.0 Å². The van der Waals surface area contributed by atoms with Crippen LogP contribution in [0.1, 0.15) is 12.5 Å². The van der Waals surface area contributed by atoms with E-state index >= 15 is 0 Å². The summed E-state index contributed by atoms with van der Waals surface area (Å²) in [6.45, 7) is 3.12. The van der Waals surface area contributed by atoms with Gasteiger partial charge < -0.3 is 10.1 Å². The first kappa shape index (κ1) is 19.2. The van der Waals surface area contributed by atoms with Gasteiger partial charge in [-0.05, 0) is 43.3 Å². The highest BCUT2D eigenvalue weighted by Crippen LogP contribution is 2.14. The molecule has 1 N–H and O–H groups in total. The number of amides is 1. The van der Waals surface area contributed by atoms with Gasteiger partial charge >= 0.3 is 5.97 Å². The van der Waals surface area contributed by atoms with E-state index in [4.69, 9.17) is 4.74 Å². The Morgan fingerprint density at radius 2 is 1.82 bits per heavy atom. The Balaban J connectivity index is 1.54. The van der Waals surface area contributed by atoms with Gasteiger partial charge in [0.2, 0.25) is 5.82 Å². The second-order valence-electron chi connectivity index (χ2n) is 6.14. The van der Waals surface area contributed by atoms with Gasteiger partial charge in [-0.2, -0.15) is 4.80 Å². The molecule has 0 saturated carbocycles. The van der Waals surface area contributed by atoms with E-state index in [-0.39, 0.29) is 6.54 Å². The third kappa shape index (κ3) is 4.97. The number of ether oxygens (including phenoxy) is 1. The molecule has 0 unspecified atom stereocenters. The molecule has 1 amide bonds. The van der Waals surface area contributed by atoms with Crippen molar-refractivity contribution >= 4 is 17.6 Å². The van der Waals surface area contributed by atoms with Crippen LogP contribution in [0, 0.1) is 12.7 Å². The van der Waals surface area contributed by atoms with Crippen LogP contribution in [-0.4, -0.2) is 38.2 Å². The van der Waals surface area contributed by atoms with Crippen molar-refractivity contribution in [1.29, 1.82) is 0 Å². The second kappa shape index (κ2) is 8.38. The van der Waals surface area contributed by atoms with E-state index in [1.807, 2.05) is 31.2 Å². The summed E-state index contributed by atoms with van der Waals surface area (Å²) < 4.78 is 18.0. The van der Waals surface area contributed by atoms with Gasteiger partial charge in [-0.15, -0.1) is 10.2 Å². The van der Waals surface area contributed by atoms with Crippen molar-refractivity contribution in [3.8, 4) is 11.4 Å². The summed E-state index contributed by atoms with van der Waals surface area (Å²) in [5, 5.41) is 14.4. The monoisotopic (exact) mass is 383 g/mol. The Bertz CT molecular complexity index is 970. The van der Waals surface area contributed by atoms with Crippen molar-refractivity contribution in [2.75, 3.05) is 5.32 Å². The molecule has 1 aromatic heterocycles.